The summed E-state index contributed by atoms with van der Waals surface area (Å²) in [5.41, 5.74) is 1.28. The Morgan fingerprint density at radius 1 is 1.40 bits per heavy atom. The number of rotatable bonds is 3. The molecular formula is C10H13N3S2. The Hall–Kier alpha value is -0.780. The molecule has 0 radical (unpaired) electrons. The van der Waals surface area contributed by atoms with Crippen molar-refractivity contribution in [2.24, 2.45) is 0 Å². The normalized spacial score (nSPS) is 13.0. The lowest BCUT2D eigenvalue weighted by Crippen LogP contribution is -2.11. The fourth-order valence-electron chi connectivity index (χ4n) is 1.22. The van der Waals surface area contributed by atoms with Crippen molar-refractivity contribution in [2.45, 2.75) is 19.9 Å². The van der Waals surface area contributed by atoms with E-state index in [0.29, 0.717) is 0 Å². The minimum atomic E-state index is 0.275. The van der Waals surface area contributed by atoms with Crippen LogP contribution in [0.4, 0.5) is 0 Å². The number of aryl methyl sites for hydroxylation is 1. The topological polar surface area (TPSA) is 37.8 Å². The predicted octanol–water partition coefficient (Wildman–Crippen LogP) is 2.86. The van der Waals surface area contributed by atoms with Crippen molar-refractivity contribution in [3.63, 3.8) is 0 Å². The number of nitrogens with zero attached hydrogens (tertiary/aromatic N) is 2. The van der Waals surface area contributed by atoms with Crippen molar-refractivity contribution in [3.05, 3.63) is 22.0 Å². The Morgan fingerprint density at radius 2 is 2.20 bits per heavy atom. The molecule has 0 aliphatic heterocycles. The largest absolute Gasteiger partial charge is 0.311 e. The van der Waals surface area contributed by atoms with Crippen LogP contribution in [-0.2, 0) is 0 Å². The molecule has 0 aromatic carbocycles. The molecule has 0 saturated carbocycles. The maximum absolute atomic E-state index is 4.23. The van der Waals surface area contributed by atoms with Crippen molar-refractivity contribution >= 4 is 22.7 Å². The first-order valence-corrected chi connectivity index (χ1v) is 6.47. The van der Waals surface area contributed by atoms with Crippen LogP contribution in [0.3, 0.4) is 0 Å². The van der Waals surface area contributed by atoms with E-state index in [1.807, 2.05) is 7.05 Å². The van der Waals surface area contributed by atoms with E-state index in [0.717, 1.165) is 10.0 Å². The van der Waals surface area contributed by atoms with Crippen molar-refractivity contribution < 1.29 is 0 Å². The van der Waals surface area contributed by atoms with E-state index in [1.165, 1.54) is 10.4 Å². The summed E-state index contributed by atoms with van der Waals surface area (Å²) in [7, 11) is 1.93. The lowest BCUT2D eigenvalue weighted by atomic mass is 10.3. The van der Waals surface area contributed by atoms with Crippen molar-refractivity contribution in [1.29, 1.82) is 0 Å². The zero-order chi connectivity index (χ0) is 10.8. The smallest absolute Gasteiger partial charge is 0.158 e. The molecule has 0 fully saturated rings. The second-order valence-electron chi connectivity index (χ2n) is 3.39. The Morgan fingerprint density at radius 3 is 2.80 bits per heavy atom. The summed E-state index contributed by atoms with van der Waals surface area (Å²) in [6, 6.07) is 2.39. The SMILES string of the molecule is CNC(C)c1nnc(-c2sccc2C)s1. The van der Waals surface area contributed by atoms with Crippen LogP contribution in [-0.4, -0.2) is 17.2 Å². The molecule has 1 N–H and O–H groups in total. The van der Waals surface area contributed by atoms with Gasteiger partial charge in [-0.05, 0) is 37.9 Å². The van der Waals surface area contributed by atoms with Crippen molar-refractivity contribution in [3.8, 4) is 9.88 Å². The highest BCUT2D eigenvalue weighted by molar-refractivity contribution is 7.20. The van der Waals surface area contributed by atoms with Crippen LogP contribution in [0, 0.1) is 6.92 Å². The Bertz CT molecular complexity index is 447. The van der Waals surface area contributed by atoms with Gasteiger partial charge in [0, 0.05) is 0 Å². The van der Waals surface area contributed by atoms with Crippen LogP contribution in [0.5, 0.6) is 0 Å². The molecule has 0 spiro atoms. The fraction of sp³-hybridized carbons (Fsp3) is 0.400. The lowest BCUT2D eigenvalue weighted by molar-refractivity contribution is 0.640. The first-order valence-electron chi connectivity index (χ1n) is 4.77. The first kappa shape index (κ1) is 10.7. The average molecular weight is 239 g/mol. The van der Waals surface area contributed by atoms with E-state index in [4.69, 9.17) is 0 Å². The highest BCUT2D eigenvalue weighted by Crippen LogP contribution is 2.32. The molecule has 0 amide bonds. The fourth-order valence-corrected chi connectivity index (χ4v) is 3.20. The first-order chi connectivity index (χ1) is 7.22. The van der Waals surface area contributed by atoms with Gasteiger partial charge in [-0.2, -0.15) is 0 Å². The van der Waals surface area contributed by atoms with Gasteiger partial charge in [0.1, 0.15) is 5.01 Å². The highest BCUT2D eigenvalue weighted by atomic mass is 32.1. The van der Waals surface area contributed by atoms with E-state index in [1.54, 1.807) is 22.7 Å². The van der Waals surface area contributed by atoms with Crippen molar-refractivity contribution in [2.75, 3.05) is 7.05 Å². The van der Waals surface area contributed by atoms with Crippen LogP contribution in [0.15, 0.2) is 11.4 Å². The molecule has 2 rings (SSSR count). The minimum absolute atomic E-state index is 0.275. The quantitative estimate of drug-likeness (QED) is 0.895. The third kappa shape index (κ3) is 2.09. The van der Waals surface area contributed by atoms with Gasteiger partial charge in [-0.25, -0.2) is 0 Å². The zero-order valence-electron chi connectivity index (χ0n) is 8.94. The maximum Gasteiger partial charge on any atom is 0.158 e. The summed E-state index contributed by atoms with van der Waals surface area (Å²) in [5.74, 6) is 0. The molecule has 80 valence electrons. The van der Waals surface area contributed by atoms with Gasteiger partial charge in [-0.3, -0.25) is 0 Å². The van der Waals surface area contributed by atoms with Crippen LogP contribution >= 0.6 is 22.7 Å². The summed E-state index contributed by atoms with van der Waals surface area (Å²) in [6.45, 7) is 4.19. The molecule has 2 aromatic heterocycles. The second-order valence-corrected chi connectivity index (χ2v) is 5.31. The van der Waals surface area contributed by atoms with Gasteiger partial charge in [0.15, 0.2) is 5.01 Å². The van der Waals surface area contributed by atoms with Crippen molar-refractivity contribution in [1.82, 2.24) is 15.5 Å². The summed E-state index contributed by atoms with van der Waals surface area (Å²) >= 11 is 3.39. The molecule has 0 bridgehead atoms. The van der Waals surface area contributed by atoms with Gasteiger partial charge in [0.05, 0.1) is 10.9 Å². The van der Waals surface area contributed by atoms with E-state index >= 15 is 0 Å². The van der Waals surface area contributed by atoms with Gasteiger partial charge in [-0.15, -0.1) is 21.5 Å². The summed E-state index contributed by atoms with van der Waals surface area (Å²) in [6.07, 6.45) is 0. The van der Waals surface area contributed by atoms with Crippen LogP contribution in [0.1, 0.15) is 23.5 Å². The second kappa shape index (κ2) is 4.38. The molecule has 0 saturated heterocycles. The Kier molecular flexibility index (Phi) is 3.14. The molecule has 2 aromatic rings. The molecule has 1 atom stereocenters. The van der Waals surface area contributed by atoms with Gasteiger partial charge < -0.3 is 5.32 Å². The molecule has 0 aliphatic carbocycles. The molecule has 1 unspecified atom stereocenters. The number of thiophene rings is 1. The van der Waals surface area contributed by atoms with Crippen LogP contribution < -0.4 is 5.32 Å². The molecule has 15 heavy (non-hydrogen) atoms. The summed E-state index contributed by atoms with van der Waals surface area (Å²) in [4.78, 5) is 1.24. The van der Waals surface area contributed by atoms with Gasteiger partial charge in [0.25, 0.3) is 0 Å². The van der Waals surface area contributed by atoms with Gasteiger partial charge in [-0.1, -0.05) is 11.3 Å². The number of nitrogens with one attached hydrogen (secondary N) is 1. The zero-order valence-corrected chi connectivity index (χ0v) is 10.6. The molecule has 3 nitrogen and oxygen atoms in total. The highest BCUT2D eigenvalue weighted by Gasteiger charge is 2.13. The molecule has 5 heteroatoms. The van der Waals surface area contributed by atoms with E-state index < -0.39 is 0 Å². The Balaban J connectivity index is 2.32. The van der Waals surface area contributed by atoms with Gasteiger partial charge in [0.2, 0.25) is 0 Å². The summed E-state index contributed by atoms with van der Waals surface area (Å²) < 4.78 is 0. The molecule has 2 heterocycles. The third-order valence-electron chi connectivity index (χ3n) is 2.30. The predicted molar refractivity (Wildman–Crippen MR) is 65.4 cm³/mol. The average Bonchev–Trinajstić information content (AvgIpc) is 2.84. The maximum atomic E-state index is 4.23. The van der Waals surface area contributed by atoms with E-state index in [9.17, 15) is 0 Å². The molecular weight excluding hydrogens is 226 g/mol. The minimum Gasteiger partial charge on any atom is -0.311 e. The van der Waals surface area contributed by atoms with Gasteiger partial charge >= 0.3 is 0 Å². The number of aromatic nitrogens is 2. The monoisotopic (exact) mass is 239 g/mol. The standard InChI is InChI=1S/C10H13N3S2/c1-6-4-5-14-8(6)10-13-12-9(15-10)7(2)11-3/h4-5,7,11H,1-3H3. The summed E-state index contributed by atoms with van der Waals surface area (Å²) in [5, 5.41) is 15.7. The van der Waals surface area contributed by atoms with Crippen LogP contribution in [0.2, 0.25) is 0 Å². The van der Waals surface area contributed by atoms with Crippen LogP contribution in [0.25, 0.3) is 9.88 Å². The lowest BCUT2D eigenvalue weighted by Gasteiger charge is -2.02. The number of hydrogen-bond acceptors (Lipinski definition) is 5. The van der Waals surface area contributed by atoms with E-state index in [2.05, 4.69) is 40.8 Å². The van der Waals surface area contributed by atoms with E-state index in [-0.39, 0.29) is 6.04 Å². The Labute approximate surface area is 97.2 Å². The number of hydrogen-bond donors (Lipinski definition) is 1. The third-order valence-corrected chi connectivity index (χ3v) is 4.58. The molecule has 0 aliphatic rings.